The second-order valence-electron chi connectivity index (χ2n) is 6.92. The summed E-state index contributed by atoms with van der Waals surface area (Å²) in [5, 5.41) is 4.57. The van der Waals surface area contributed by atoms with Gasteiger partial charge >= 0.3 is 0 Å². The standard InChI is InChI=1S/C23H27N4O2/c1-5-23-26(17-22(28)19-8-12-21(29-4)13-9-19)14-15-27(23)24-16-18-6-10-20(11-7-18)25(2)3/h6-16H,5,17H2,1-4H3/q+1/b24-16+. The van der Waals surface area contributed by atoms with Crippen molar-refractivity contribution in [2.45, 2.75) is 19.9 Å². The second-order valence-corrected chi connectivity index (χ2v) is 6.92. The number of benzene rings is 2. The number of carbonyl (C=O) groups excluding carboxylic acids is 1. The number of ketones is 1. The molecule has 3 rings (SSSR count). The van der Waals surface area contributed by atoms with Crippen molar-refractivity contribution >= 4 is 17.7 Å². The summed E-state index contributed by atoms with van der Waals surface area (Å²) in [7, 11) is 5.64. The molecule has 0 bridgehead atoms. The summed E-state index contributed by atoms with van der Waals surface area (Å²) < 4.78 is 8.91. The van der Waals surface area contributed by atoms with Gasteiger partial charge in [0.2, 0.25) is 5.78 Å². The minimum atomic E-state index is 0.0494. The maximum absolute atomic E-state index is 12.6. The molecule has 0 aliphatic heterocycles. The zero-order valence-corrected chi connectivity index (χ0v) is 17.4. The molecule has 6 heteroatoms. The summed E-state index contributed by atoms with van der Waals surface area (Å²) in [4.78, 5) is 14.7. The number of hydrogen-bond acceptors (Lipinski definition) is 4. The minimum absolute atomic E-state index is 0.0494. The highest BCUT2D eigenvalue weighted by atomic mass is 16.5. The first-order valence-corrected chi connectivity index (χ1v) is 9.60. The lowest BCUT2D eigenvalue weighted by Gasteiger charge is -2.11. The number of methoxy groups -OCH3 is 1. The molecule has 0 fully saturated rings. The molecule has 0 saturated carbocycles. The lowest BCUT2D eigenvalue weighted by Crippen LogP contribution is -2.40. The van der Waals surface area contributed by atoms with Crippen molar-refractivity contribution in [3.63, 3.8) is 0 Å². The van der Waals surface area contributed by atoms with Crippen molar-refractivity contribution in [1.29, 1.82) is 0 Å². The van der Waals surface area contributed by atoms with Crippen LogP contribution in [0.5, 0.6) is 5.75 Å². The van der Waals surface area contributed by atoms with Crippen LogP contribution in [0.2, 0.25) is 0 Å². The molecule has 1 aromatic heterocycles. The molecule has 0 radical (unpaired) electrons. The summed E-state index contributed by atoms with van der Waals surface area (Å²) in [5.41, 5.74) is 2.83. The molecule has 6 nitrogen and oxygen atoms in total. The van der Waals surface area contributed by atoms with E-state index in [0.717, 1.165) is 29.2 Å². The Morgan fingerprint density at radius 2 is 1.83 bits per heavy atom. The number of anilines is 1. The van der Waals surface area contributed by atoms with E-state index < -0.39 is 0 Å². The van der Waals surface area contributed by atoms with Gasteiger partial charge in [0.1, 0.15) is 11.9 Å². The average Bonchev–Trinajstić information content (AvgIpc) is 3.13. The van der Waals surface area contributed by atoms with E-state index >= 15 is 0 Å². The van der Waals surface area contributed by atoms with E-state index in [1.165, 1.54) is 0 Å². The second kappa shape index (κ2) is 9.19. The highest BCUT2D eigenvalue weighted by Crippen LogP contribution is 2.13. The fourth-order valence-electron chi connectivity index (χ4n) is 3.07. The molecular weight excluding hydrogens is 364 g/mol. The topological polar surface area (TPSA) is 50.7 Å². The molecule has 3 aromatic rings. The van der Waals surface area contributed by atoms with Gasteiger partial charge in [0, 0.05) is 31.8 Å². The molecule has 2 aromatic carbocycles. The Morgan fingerprint density at radius 3 is 2.41 bits per heavy atom. The highest BCUT2D eigenvalue weighted by Gasteiger charge is 2.18. The fourth-order valence-corrected chi connectivity index (χ4v) is 3.07. The maximum atomic E-state index is 12.6. The van der Waals surface area contributed by atoms with Crippen molar-refractivity contribution in [3.05, 3.63) is 77.9 Å². The Bertz CT molecular complexity index is 987. The quantitative estimate of drug-likeness (QED) is 0.337. The number of ether oxygens (including phenoxy) is 1. The van der Waals surface area contributed by atoms with E-state index in [9.17, 15) is 4.79 Å². The lowest BCUT2D eigenvalue weighted by atomic mass is 10.1. The molecular formula is C23H27N4O2+. The Hall–Kier alpha value is -3.41. The molecule has 0 aliphatic carbocycles. The molecule has 29 heavy (non-hydrogen) atoms. The van der Waals surface area contributed by atoms with Gasteiger partial charge in [0.15, 0.2) is 12.7 Å². The van der Waals surface area contributed by atoms with Crippen LogP contribution in [0, 0.1) is 0 Å². The van der Waals surface area contributed by atoms with Crippen LogP contribution in [0.3, 0.4) is 0 Å². The Labute approximate surface area is 171 Å². The van der Waals surface area contributed by atoms with E-state index in [1.54, 1.807) is 31.4 Å². The van der Waals surface area contributed by atoms with Crippen molar-refractivity contribution in [1.82, 2.24) is 4.68 Å². The fraction of sp³-hybridized carbons (Fsp3) is 0.261. The van der Waals surface area contributed by atoms with Gasteiger partial charge in [-0.2, -0.15) is 0 Å². The van der Waals surface area contributed by atoms with Crippen molar-refractivity contribution in [3.8, 4) is 5.75 Å². The van der Waals surface area contributed by atoms with Gasteiger partial charge in [-0.1, -0.05) is 24.2 Å². The van der Waals surface area contributed by atoms with Crippen LogP contribution in [0.4, 0.5) is 5.69 Å². The van der Waals surface area contributed by atoms with E-state index in [0.29, 0.717) is 5.56 Å². The number of carbonyl (C=O) groups is 1. The first-order valence-electron chi connectivity index (χ1n) is 9.60. The van der Waals surface area contributed by atoms with Gasteiger partial charge in [0.25, 0.3) is 5.82 Å². The number of imidazole rings is 1. The smallest absolute Gasteiger partial charge is 0.282 e. The lowest BCUT2D eigenvalue weighted by molar-refractivity contribution is -0.690. The van der Waals surface area contributed by atoms with Gasteiger partial charge in [0.05, 0.1) is 13.3 Å². The average molecular weight is 391 g/mol. The third-order valence-electron chi connectivity index (χ3n) is 4.77. The Kier molecular flexibility index (Phi) is 6.44. The summed E-state index contributed by atoms with van der Waals surface area (Å²) in [6.45, 7) is 2.33. The van der Waals surface area contributed by atoms with Gasteiger partial charge in [-0.25, -0.2) is 4.57 Å². The van der Waals surface area contributed by atoms with Crippen LogP contribution in [-0.2, 0) is 13.0 Å². The zero-order chi connectivity index (χ0) is 20.8. The monoisotopic (exact) mass is 391 g/mol. The zero-order valence-electron chi connectivity index (χ0n) is 17.4. The highest BCUT2D eigenvalue weighted by molar-refractivity contribution is 5.95. The molecule has 0 atom stereocenters. The van der Waals surface area contributed by atoms with Crippen LogP contribution in [0.15, 0.2) is 66.0 Å². The predicted molar refractivity (Wildman–Crippen MR) is 115 cm³/mol. The maximum Gasteiger partial charge on any atom is 0.282 e. The molecule has 0 amide bonds. The van der Waals surface area contributed by atoms with Crippen LogP contribution >= 0.6 is 0 Å². The van der Waals surface area contributed by atoms with Gasteiger partial charge in [-0.05, 0) is 42.0 Å². The summed E-state index contributed by atoms with van der Waals surface area (Å²) in [6, 6.07) is 15.4. The molecule has 0 saturated heterocycles. The van der Waals surface area contributed by atoms with Crippen molar-refractivity contribution < 1.29 is 14.1 Å². The third-order valence-corrected chi connectivity index (χ3v) is 4.77. The molecule has 0 unspecified atom stereocenters. The van der Waals surface area contributed by atoms with Crippen LogP contribution in [0.1, 0.15) is 28.7 Å². The summed E-state index contributed by atoms with van der Waals surface area (Å²) >= 11 is 0. The van der Waals surface area contributed by atoms with E-state index in [-0.39, 0.29) is 12.3 Å². The van der Waals surface area contributed by atoms with Gasteiger partial charge in [-0.15, -0.1) is 4.68 Å². The molecule has 0 aliphatic rings. The van der Waals surface area contributed by atoms with E-state index in [4.69, 9.17) is 4.74 Å². The number of aromatic nitrogens is 2. The number of nitrogens with zero attached hydrogens (tertiary/aromatic N) is 4. The van der Waals surface area contributed by atoms with Gasteiger partial charge in [-0.3, -0.25) is 4.79 Å². The minimum Gasteiger partial charge on any atom is -0.497 e. The SMILES string of the molecule is CCc1n(/N=C/c2ccc(N(C)C)cc2)cc[n+]1CC(=O)c1ccc(OC)cc1. The largest absolute Gasteiger partial charge is 0.497 e. The predicted octanol–water partition coefficient (Wildman–Crippen LogP) is 3.18. The number of hydrogen-bond donors (Lipinski definition) is 0. The van der Waals surface area contributed by atoms with E-state index in [2.05, 4.69) is 29.1 Å². The van der Waals surface area contributed by atoms with Crippen LogP contribution in [-0.4, -0.2) is 37.9 Å². The van der Waals surface area contributed by atoms with Crippen molar-refractivity contribution in [2.75, 3.05) is 26.1 Å². The summed E-state index contributed by atoms with van der Waals surface area (Å²) in [6.07, 6.45) is 6.37. The van der Waals surface area contributed by atoms with Gasteiger partial charge < -0.3 is 9.64 Å². The van der Waals surface area contributed by atoms with E-state index in [1.807, 2.05) is 54.1 Å². The Morgan fingerprint density at radius 1 is 1.14 bits per heavy atom. The summed E-state index contributed by atoms with van der Waals surface area (Å²) in [5.74, 6) is 1.75. The number of rotatable bonds is 8. The van der Waals surface area contributed by atoms with Crippen LogP contribution < -0.4 is 14.2 Å². The normalized spacial score (nSPS) is 11.0. The molecule has 0 spiro atoms. The Balaban J connectivity index is 1.74. The first-order chi connectivity index (χ1) is 14.0. The molecule has 1 heterocycles. The van der Waals surface area contributed by atoms with Crippen molar-refractivity contribution in [2.24, 2.45) is 5.10 Å². The molecule has 0 N–H and O–H groups in total. The van der Waals surface area contributed by atoms with Crippen LogP contribution in [0.25, 0.3) is 0 Å². The molecule has 150 valence electrons. The third kappa shape index (κ3) is 4.90. The first kappa shape index (κ1) is 20.3. The number of Topliss-reactive ketones (excluding diaryl/α,β-unsaturated/α-hetero) is 1.